The highest BCUT2D eigenvalue weighted by atomic mass is 32.1. The summed E-state index contributed by atoms with van der Waals surface area (Å²) in [6.07, 6.45) is 12.9. The number of H-pyrrole nitrogens is 1. The van der Waals surface area contributed by atoms with Crippen LogP contribution in [0.15, 0.2) is 101 Å². The second kappa shape index (κ2) is 23.5. The van der Waals surface area contributed by atoms with E-state index in [-0.39, 0.29) is 42.6 Å². The summed E-state index contributed by atoms with van der Waals surface area (Å²) in [6, 6.07) is 26.4. The molecule has 8 rings (SSSR count). The zero-order valence-electron chi connectivity index (χ0n) is 42.2. The number of amides is 3. The first-order valence-corrected chi connectivity index (χ1v) is 26.5. The molecule has 4 heterocycles. The number of likely N-dealkylation sites (tertiary alicyclic amines) is 1. The van der Waals surface area contributed by atoms with Crippen molar-refractivity contribution in [1.82, 2.24) is 41.1 Å². The normalized spacial score (nSPS) is 19.7. The number of aliphatic hydroxyl groups is 1. The second-order valence-corrected chi connectivity index (χ2v) is 21.6. The summed E-state index contributed by atoms with van der Waals surface area (Å²) in [6.45, 7) is 14.6. The van der Waals surface area contributed by atoms with E-state index in [1.54, 1.807) is 22.3 Å². The maximum Gasteiger partial charge on any atom is 0.258 e. The predicted molar refractivity (Wildman–Crippen MR) is 282 cm³/mol. The van der Waals surface area contributed by atoms with Gasteiger partial charge in [-0.05, 0) is 97.7 Å². The largest absolute Gasteiger partial charge is 0.391 e. The number of rotatable bonds is 18. The molecular formula is C57H72N8O5S. The van der Waals surface area contributed by atoms with Gasteiger partial charge >= 0.3 is 0 Å². The summed E-state index contributed by atoms with van der Waals surface area (Å²) in [5.41, 5.74) is 15.5. The number of aliphatic hydroxyl groups excluding tert-OH is 1. The minimum absolute atomic E-state index is 0.0739. The molecule has 4 atom stereocenters. The number of hydrogen-bond acceptors (Lipinski definition) is 10. The number of aryl methyl sites for hydroxylation is 1. The average molecular weight is 981 g/mol. The van der Waals surface area contributed by atoms with Crippen LogP contribution in [-0.2, 0) is 27.3 Å². The number of benzene rings is 3. The van der Waals surface area contributed by atoms with E-state index in [0.29, 0.717) is 11.8 Å². The second-order valence-electron chi connectivity index (χ2n) is 20.8. The molecule has 3 aromatic carbocycles. The number of thiazole rings is 1. The van der Waals surface area contributed by atoms with E-state index >= 15 is 0 Å². The minimum atomic E-state index is -0.819. The Bertz CT molecular complexity index is 2730. The van der Waals surface area contributed by atoms with Gasteiger partial charge in [-0.1, -0.05) is 112 Å². The molecule has 3 amide bonds. The van der Waals surface area contributed by atoms with E-state index in [9.17, 15) is 19.5 Å². The topological polar surface area (TPSA) is 169 Å². The summed E-state index contributed by atoms with van der Waals surface area (Å²) >= 11 is 1.60. The van der Waals surface area contributed by atoms with Crippen LogP contribution < -0.4 is 16.2 Å². The minimum Gasteiger partial charge on any atom is -0.391 e. The number of aromatic nitrogens is 3. The highest BCUT2D eigenvalue weighted by Crippen LogP contribution is 2.41. The van der Waals surface area contributed by atoms with Gasteiger partial charge in [0, 0.05) is 73.8 Å². The van der Waals surface area contributed by atoms with Crippen molar-refractivity contribution in [2.24, 2.45) is 5.41 Å². The molecule has 0 bridgehead atoms. The monoisotopic (exact) mass is 981 g/mol. The molecule has 3 aromatic heterocycles. The van der Waals surface area contributed by atoms with E-state index in [0.717, 1.165) is 109 Å². The smallest absolute Gasteiger partial charge is 0.258 e. The number of β-amino-alcohol motifs (C(OH)–C–C–N with tert-alkyl or cyclic N) is 1. The standard InChI is InChI=1S/C57H72N8O5S/c1-7-29-60-62-52(67)27-22-39-18-20-40(21-19-39)34-64(30-28-44-33-58-48-17-9-8-16-47(44)48)45-14-10-12-42(13-11-15-45)49-32-51(70-63-49)53(57(4,5)6)56(69)65-35-46(66)31-50(65)55(68)61-37(2)41-23-25-43(26-24-41)54-38(3)59-36-71-54/h8-9,16-27,32-33,36-37,42,45-46,50,53,58,60,66H,7,10-15,28-31,34-35H2,1-6H3,(H,61,68)(H,62,67)/b27-22+/t37-,42?,45?,46-,50+,53-/m1/s1. The summed E-state index contributed by atoms with van der Waals surface area (Å²) < 4.78 is 6.13. The van der Waals surface area contributed by atoms with Gasteiger partial charge in [-0.2, -0.15) is 0 Å². The van der Waals surface area contributed by atoms with E-state index < -0.39 is 23.5 Å². The van der Waals surface area contributed by atoms with Crippen LogP contribution in [0.3, 0.4) is 0 Å². The van der Waals surface area contributed by atoms with Crippen molar-refractivity contribution in [1.29, 1.82) is 0 Å². The molecule has 1 aliphatic carbocycles. The zero-order chi connectivity index (χ0) is 50.1. The number of hydrazine groups is 1. The van der Waals surface area contributed by atoms with Crippen LogP contribution in [0.5, 0.6) is 0 Å². The van der Waals surface area contributed by atoms with E-state index in [2.05, 4.69) is 97.8 Å². The number of para-hydroxylation sites is 1. The van der Waals surface area contributed by atoms with Gasteiger partial charge < -0.3 is 24.8 Å². The fraction of sp³-hybridized carbons (Fsp3) is 0.456. The van der Waals surface area contributed by atoms with Gasteiger partial charge in [0.1, 0.15) is 17.7 Å². The van der Waals surface area contributed by atoms with Crippen molar-refractivity contribution in [2.75, 3.05) is 19.6 Å². The first-order valence-electron chi connectivity index (χ1n) is 25.6. The first-order chi connectivity index (χ1) is 34.2. The Morgan fingerprint density at radius 1 is 1.01 bits per heavy atom. The highest BCUT2D eigenvalue weighted by molar-refractivity contribution is 7.13. The molecule has 2 aliphatic rings. The Hall–Kier alpha value is -5.93. The molecule has 14 heteroatoms. The lowest BCUT2D eigenvalue weighted by molar-refractivity contribution is -0.142. The Morgan fingerprint density at radius 3 is 2.46 bits per heavy atom. The lowest BCUT2D eigenvalue weighted by Crippen LogP contribution is -2.49. The van der Waals surface area contributed by atoms with Crippen LogP contribution in [-0.4, -0.2) is 85.6 Å². The van der Waals surface area contributed by atoms with Gasteiger partial charge in [-0.15, -0.1) is 11.3 Å². The van der Waals surface area contributed by atoms with Gasteiger partial charge in [0.2, 0.25) is 11.8 Å². The van der Waals surface area contributed by atoms with Gasteiger partial charge in [0.15, 0.2) is 0 Å². The Morgan fingerprint density at radius 2 is 1.76 bits per heavy atom. The fourth-order valence-electron chi connectivity index (χ4n) is 10.5. The summed E-state index contributed by atoms with van der Waals surface area (Å²) in [5.74, 6) is -0.707. The number of fused-ring (bicyclic) bond motifs is 1. The maximum atomic E-state index is 14.7. The molecule has 376 valence electrons. The molecular weight excluding hydrogens is 909 g/mol. The van der Waals surface area contributed by atoms with Crippen molar-refractivity contribution in [2.45, 2.75) is 142 Å². The third-order valence-corrected chi connectivity index (χ3v) is 15.4. The molecule has 6 aromatic rings. The number of nitrogens with one attached hydrogen (secondary N) is 4. The molecule has 1 saturated carbocycles. The van der Waals surface area contributed by atoms with Crippen LogP contribution in [0.2, 0.25) is 0 Å². The van der Waals surface area contributed by atoms with Gasteiger partial charge in [0.25, 0.3) is 5.91 Å². The molecule has 2 fully saturated rings. The number of carbonyl (C=O) groups excluding carboxylic acids is 3. The molecule has 5 N–H and O–H groups in total. The molecule has 1 aliphatic heterocycles. The van der Waals surface area contributed by atoms with Crippen LogP contribution in [0.1, 0.15) is 143 Å². The van der Waals surface area contributed by atoms with Crippen molar-refractivity contribution >= 4 is 46.0 Å². The Balaban J connectivity index is 0.911. The van der Waals surface area contributed by atoms with Crippen LogP contribution in [0.4, 0.5) is 0 Å². The number of carbonyl (C=O) groups is 3. The zero-order valence-corrected chi connectivity index (χ0v) is 43.1. The van der Waals surface area contributed by atoms with E-state index in [1.165, 1.54) is 16.5 Å². The number of nitrogens with zero attached hydrogens (tertiary/aromatic N) is 4. The SMILES string of the molecule is CCCNNC(=O)/C=C/c1ccc(CN(CCc2c[nH]c3ccccc23)C2CCCC(c3cc([C@H](C(=O)N4C[C@H](O)C[C@H]4C(=O)N[C@H](C)c4ccc(-c5scnc5C)cc4)C(C)(C)C)on3)CCC2)cc1. The number of hydrogen-bond donors (Lipinski definition) is 5. The third-order valence-electron chi connectivity index (χ3n) is 14.4. The van der Waals surface area contributed by atoms with Crippen molar-refractivity contribution < 1.29 is 24.0 Å². The molecule has 13 nitrogen and oxygen atoms in total. The van der Waals surface area contributed by atoms with Crippen molar-refractivity contribution in [3.63, 3.8) is 0 Å². The summed E-state index contributed by atoms with van der Waals surface area (Å²) in [7, 11) is 0. The van der Waals surface area contributed by atoms with Crippen LogP contribution in [0.25, 0.3) is 27.4 Å². The lowest BCUT2D eigenvalue weighted by Gasteiger charge is -2.34. The molecule has 1 saturated heterocycles. The third kappa shape index (κ3) is 12.9. The fourth-order valence-corrected chi connectivity index (χ4v) is 11.3. The predicted octanol–water partition coefficient (Wildman–Crippen LogP) is 10.2. The number of aromatic amines is 1. The Labute approximate surface area is 422 Å². The van der Waals surface area contributed by atoms with Crippen LogP contribution >= 0.6 is 11.3 Å². The maximum absolute atomic E-state index is 14.7. The van der Waals surface area contributed by atoms with E-state index in [4.69, 9.17) is 4.52 Å². The Kier molecular flexibility index (Phi) is 17.0. The van der Waals surface area contributed by atoms with Crippen molar-refractivity contribution in [3.05, 3.63) is 136 Å². The van der Waals surface area contributed by atoms with Crippen molar-refractivity contribution in [3.8, 4) is 10.4 Å². The van der Waals surface area contributed by atoms with Gasteiger partial charge in [-0.3, -0.25) is 24.7 Å². The summed E-state index contributed by atoms with van der Waals surface area (Å²) in [5, 5.41) is 20.0. The molecule has 71 heavy (non-hydrogen) atoms. The summed E-state index contributed by atoms with van der Waals surface area (Å²) in [4.78, 5) is 54.1. The quantitative estimate of drug-likeness (QED) is 0.0320. The molecule has 0 spiro atoms. The molecule has 0 radical (unpaired) electrons. The molecule has 0 unspecified atom stereocenters. The van der Waals surface area contributed by atoms with Gasteiger partial charge in [0.05, 0.1) is 33.9 Å². The van der Waals surface area contributed by atoms with Gasteiger partial charge in [-0.25, -0.2) is 10.4 Å². The first kappa shape index (κ1) is 51.4. The van der Waals surface area contributed by atoms with Crippen LogP contribution in [0, 0.1) is 12.3 Å². The average Bonchev–Trinajstić information content (AvgIpc) is 4.17. The lowest BCUT2D eigenvalue weighted by atomic mass is 9.77. The highest BCUT2D eigenvalue weighted by Gasteiger charge is 2.46. The van der Waals surface area contributed by atoms with E-state index in [1.807, 2.05) is 76.5 Å².